The number of benzene rings is 1. The Labute approximate surface area is 107 Å². The average molecular weight is 244 g/mol. The SMILES string of the molecule is CCc1c(C)[nH]c(Cc2ccccc2)nc1=S. The molecule has 3 heteroatoms. The third kappa shape index (κ3) is 2.80. The number of rotatable bonds is 3. The van der Waals surface area contributed by atoms with E-state index in [2.05, 4.69) is 35.9 Å². The second kappa shape index (κ2) is 5.23. The van der Waals surface area contributed by atoms with E-state index in [1.165, 1.54) is 5.56 Å². The Morgan fingerprint density at radius 3 is 2.53 bits per heavy atom. The fourth-order valence-electron chi connectivity index (χ4n) is 1.96. The first-order chi connectivity index (χ1) is 8.20. The van der Waals surface area contributed by atoms with Crippen molar-refractivity contribution in [2.24, 2.45) is 0 Å². The summed E-state index contributed by atoms with van der Waals surface area (Å²) in [5.74, 6) is 0.941. The molecule has 88 valence electrons. The van der Waals surface area contributed by atoms with Gasteiger partial charge >= 0.3 is 0 Å². The van der Waals surface area contributed by atoms with Crippen molar-refractivity contribution >= 4 is 12.2 Å². The Morgan fingerprint density at radius 2 is 1.94 bits per heavy atom. The van der Waals surface area contributed by atoms with Crippen molar-refractivity contribution in [1.82, 2.24) is 9.97 Å². The molecule has 17 heavy (non-hydrogen) atoms. The first kappa shape index (κ1) is 12.0. The molecule has 0 saturated heterocycles. The Hall–Kier alpha value is -1.48. The van der Waals surface area contributed by atoms with Crippen molar-refractivity contribution in [1.29, 1.82) is 0 Å². The van der Waals surface area contributed by atoms with Gasteiger partial charge in [-0.15, -0.1) is 0 Å². The number of H-pyrrole nitrogens is 1. The van der Waals surface area contributed by atoms with Crippen LogP contribution in [0.2, 0.25) is 0 Å². The Kier molecular flexibility index (Phi) is 3.69. The highest BCUT2D eigenvalue weighted by atomic mass is 32.1. The number of hydrogen-bond acceptors (Lipinski definition) is 2. The minimum Gasteiger partial charge on any atom is -0.347 e. The normalized spacial score (nSPS) is 10.5. The maximum Gasteiger partial charge on any atom is 0.133 e. The van der Waals surface area contributed by atoms with Gasteiger partial charge in [-0.1, -0.05) is 49.5 Å². The summed E-state index contributed by atoms with van der Waals surface area (Å²) in [4.78, 5) is 7.80. The van der Waals surface area contributed by atoms with Gasteiger partial charge in [0, 0.05) is 17.7 Å². The van der Waals surface area contributed by atoms with Crippen LogP contribution in [0, 0.1) is 11.6 Å². The van der Waals surface area contributed by atoms with E-state index in [-0.39, 0.29) is 0 Å². The molecule has 0 amide bonds. The summed E-state index contributed by atoms with van der Waals surface area (Å²) in [6, 6.07) is 10.3. The maximum atomic E-state index is 5.31. The molecule has 0 spiro atoms. The van der Waals surface area contributed by atoms with Crippen molar-refractivity contribution in [3.8, 4) is 0 Å². The summed E-state index contributed by atoms with van der Waals surface area (Å²) in [7, 11) is 0. The van der Waals surface area contributed by atoms with Crippen molar-refractivity contribution in [2.75, 3.05) is 0 Å². The van der Waals surface area contributed by atoms with Gasteiger partial charge in [0.2, 0.25) is 0 Å². The summed E-state index contributed by atoms with van der Waals surface area (Å²) >= 11 is 5.31. The summed E-state index contributed by atoms with van der Waals surface area (Å²) in [5, 5.41) is 0. The van der Waals surface area contributed by atoms with Gasteiger partial charge in [-0.05, 0) is 18.9 Å². The van der Waals surface area contributed by atoms with E-state index in [0.717, 1.165) is 34.6 Å². The average Bonchev–Trinajstić information content (AvgIpc) is 2.30. The number of hydrogen-bond donors (Lipinski definition) is 1. The van der Waals surface area contributed by atoms with E-state index in [1.807, 2.05) is 18.2 Å². The Bertz CT molecular complexity index is 558. The molecular weight excluding hydrogens is 228 g/mol. The zero-order chi connectivity index (χ0) is 12.3. The number of nitrogens with one attached hydrogen (secondary N) is 1. The molecular formula is C14H16N2S. The lowest BCUT2D eigenvalue weighted by molar-refractivity contribution is 0.895. The smallest absolute Gasteiger partial charge is 0.133 e. The molecule has 0 unspecified atom stereocenters. The van der Waals surface area contributed by atoms with E-state index >= 15 is 0 Å². The molecule has 0 atom stereocenters. The Morgan fingerprint density at radius 1 is 1.24 bits per heavy atom. The lowest BCUT2D eigenvalue weighted by Gasteiger charge is -2.07. The molecule has 2 rings (SSSR count). The van der Waals surface area contributed by atoms with Crippen LogP contribution in [0.4, 0.5) is 0 Å². The van der Waals surface area contributed by atoms with Gasteiger partial charge in [0.05, 0.1) is 0 Å². The van der Waals surface area contributed by atoms with Crippen LogP contribution >= 0.6 is 12.2 Å². The van der Waals surface area contributed by atoms with Crippen molar-refractivity contribution in [3.05, 3.63) is 57.6 Å². The standard InChI is InChI=1S/C14H16N2S/c1-3-12-10(2)15-13(16-14(12)17)9-11-7-5-4-6-8-11/h4-8H,3,9H2,1-2H3,(H,15,16,17). The molecule has 0 aliphatic heterocycles. The van der Waals surface area contributed by atoms with Gasteiger partial charge in [-0.3, -0.25) is 0 Å². The molecule has 0 bridgehead atoms. The van der Waals surface area contributed by atoms with Crippen molar-refractivity contribution < 1.29 is 0 Å². The number of aryl methyl sites for hydroxylation is 1. The summed E-state index contributed by atoms with van der Waals surface area (Å²) < 4.78 is 0.731. The summed E-state index contributed by atoms with van der Waals surface area (Å²) in [5.41, 5.74) is 3.53. The van der Waals surface area contributed by atoms with Crippen LogP contribution in [0.3, 0.4) is 0 Å². The van der Waals surface area contributed by atoms with Crippen LogP contribution in [0.25, 0.3) is 0 Å². The Balaban J connectivity index is 2.32. The van der Waals surface area contributed by atoms with E-state index in [9.17, 15) is 0 Å². The van der Waals surface area contributed by atoms with Crippen LogP contribution in [0.1, 0.15) is 29.6 Å². The molecule has 0 aliphatic carbocycles. The molecule has 0 aliphatic rings. The molecule has 0 saturated carbocycles. The van der Waals surface area contributed by atoms with Gasteiger partial charge in [0.1, 0.15) is 10.5 Å². The maximum absolute atomic E-state index is 5.31. The first-order valence-electron chi connectivity index (χ1n) is 5.83. The van der Waals surface area contributed by atoms with Crippen LogP contribution in [-0.4, -0.2) is 9.97 Å². The monoisotopic (exact) mass is 244 g/mol. The van der Waals surface area contributed by atoms with Crippen LogP contribution < -0.4 is 0 Å². The topological polar surface area (TPSA) is 28.7 Å². The lowest BCUT2D eigenvalue weighted by atomic mass is 10.1. The predicted molar refractivity (Wildman–Crippen MR) is 72.8 cm³/mol. The highest BCUT2D eigenvalue weighted by Gasteiger charge is 2.04. The molecule has 0 fully saturated rings. The van der Waals surface area contributed by atoms with Gasteiger partial charge in [-0.25, -0.2) is 4.98 Å². The summed E-state index contributed by atoms with van der Waals surface area (Å²) in [6.45, 7) is 4.16. The molecule has 1 aromatic carbocycles. The van der Waals surface area contributed by atoms with Gasteiger partial charge in [0.15, 0.2) is 0 Å². The molecule has 1 N–H and O–H groups in total. The summed E-state index contributed by atoms with van der Waals surface area (Å²) in [6.07, 6.45) is 1.73. The number of aromatic amines is 1. The van der Waals surface area contributed by atoms with E-state index in [0.29, 0.717) is 0 Å². The van der Waals surface area contributed by atoms with Gasteiger partial charge in [0.25, 0.3) is 0 Å². The second-order valence-electron chi connectivity index (χ2n) is 4.11. The largest absolute Gasteiger partial charge is 0.347 e. The highest BCUT2D eigenvalue weighted by molar-refractivity contribution is 7.71. The molecule has 1 aromatic heterocycles. The second-order valence-corrected chi connectivity index (χ2v) is 4.49. The number of aromatic nitrogens is 2. The molecule has 1 heterocycles. The van der Waals surface area contributed by atoms with E-state index < -0.39 is 0 Å². The fourth-order valence-corrected chi connectivity index (χ4v) is 2.37. The van der Waals surface area contributed by atoms with Crippen molar-refractivity contribution in [2.45, 2.75) is 26.7 Å². The zero-order valence-corrected chi connectivity index (χ0v) is 11.0. The van der Waals surface area contributed by atoms with Gasteiger partial charge in [-0.2, -0.15) is 0 Å². The first-order valence-corrected chi connectivity index (χ1v) is 6.24. The predicted octanol–water partition coefficient (Wildman–Crippen LogP) is 3.60. The third-order valence-electron chi connectivity index (χ3n) is 2.85. The third-order valence-corrected chi connectivity index (χ3v) is 3.18. The minimum atomic E-state index is 0.731. The highest BCUT2D eigenvalue weighted by Crippen LogP contribution is 2.10. The van der Waals surface area contributed by atoms with Crippen LogP contribution in [-0.2, 0) is 12.8 Å². The van der Waals surface area contributed by atoms with Crippen molar-refractivity contribution in [3.63, 3.8) is 0 Å². The molecule has 0 radical (unpaired) electrons. The fraction of sp³-hybridized carbons (Fsp3) is 0.286. The van der Waals surface area contributed by atoms with E-state index in [1.54, 1.807) is 0 Å². The lowest BCUT2D eigenvalue weighted by Crippen LogP contribution is -2.03. The van der Waals surface area contributed by atoms with E-state index in [4.69, 9.17) is 12.2 Å². The van der Waals surface area contributed by atoms with Crippen LogP contribution in [0.15, 0.2) is 30.3 Å². The van der Waals surface area contributed by atoms with Gasteiger partial charge < -0.3 is 4.98 Å². The zero-order valence-electron chi connectivity index (χ0n) is 10.2. The number of nitrogens with zero attached hydrogens (tertiary/aromatic N) is 1. The quantitative estimate of drug-likeness (QED) is 0.836. The van der Waals surface area contributed by atoms with Crippen LogP contribution in [0.5, 0.6) is 0 Å². The molecule has 2 aromatic rings. The minimum absolute atomic E-state index is 0.731. The molecule has 2 nitrogen and oxygen atoms in total.